The topological polar surface area (TPSA) is 64.3 Å². The molecule has 0 saturated heterocycles. The van der Waals surface area contributed by atoms with E-state index in [1.165, 1.54) is 12.8 Å². The van der Waals surface area contributed by atoms with Gasteiger partial charge in [-0.3, -0.25) is 4.79 Å². The number of carbonyl (C=O) groups excluding carboxylic acids is 1. The van der Waals surface area contributed by atoms with Crippen LogP contribution < -0.4 is 11.1 Å². The van der Waals surface area contributed by atoms with Gasteiger partial charge in [0.15, 0.2) is 0 Å². The predicted octanol–water partition coefficient (Wildman–Crippen LogP) is 1.66. The molecule has 0 heterocycles. The molecule has 0 aromatic heterocycles. The van der Waals surface area contributed by atoms with Gasteiger partial charge in [-0.25, -0.2) is 0 Å². The molecule has 1 amide bonds. The van der Waals surface area contributed by atoms with Gasteiger partial charge in [0, 0.05) is 19.5 Å². The van der Waals surface area contributed by atoms with Gasteiger partial charge in [0.2, 0.25) is 5.91 Å². The summed E-state index contributed by atoms with van der Waals surface area (Å²) in [6, 6.07) is 9.98. The van der Waals surface area contributed by atoms with Crippen molar-refractivity contribution in [2.24, 2.45) is 11.7 Å². The second-order valence-corrected chi connectivity index (χ2v) is 5.41. The van der Waals surface area contributed by atoms with E-state index in [4.69, 9.17) is 10.5 Å². The Morgan fingerprint density at radius 3 is 2.76 bits per heavy atom. The van der Waals surface area contributed by atoms with Crippen LogP contribution in [0.15, 0.2) is 42.5 Å². The van der Waals surface area contributed by atoms with Crippen molar-refractivity contribution in [2.45, 2.75) is 25.4 Å². The Morgan fingerprint density at radius 1 is 1.33 bits per heavy atom. The quantitative estimate of drug-likeness (QED) is 0.679. The fraction of sp³-hybridized carbons (Fsp3) is 0.471. The Labute approximate surface area is 126 Å². The zero-order chi connectivity index (χ0) is 14.9. The molecule has 1 saturated carbocycles. The molecule has 4 heteroatoms. The van der Waals surface area contributed by atoms with Crippen LogP contribution in [0.25, 0.3) is 0 Å². The van der Waals surface area contributed by atoms with Crippen LogP contribution in [-0.4, -0.2) is 31.7 Å². The van der Waals surface area contributed by atoms with Gasteiger partial charge in [-0.05, 0) is 24.3 Å². The minimum absolute atomic E-state index is 0.0545. The van der Waals surface area contributed by atoms with Gasteiger partial charge in [-0.2, -0.15) is 0 Å². The number of nitrogens with one attached hydrogen (secondary N) is 1. The van der Waals surface area contributed by atoms with Gasteiger partial charge in [0.05, 0.1) is 6.61 Å². The highest BCUT2D eigenvalue weighted by atomic mass is 16.5. The Balaban J connectivity index is 1.86. The average molecular weight is 288 g/mol. The summed E-state index contributed by atoms with van der Waals surface area (Å²) in [5.74, 6) is 0.592. The van der Waals surface area contributed by atoms with E-state index >= 15 is 0 Å². The van der Waals surface area contributed by atoms with E-state index in [0.717, 1.165) is 5.56 Å². The van der Waals surface area contributed by atoms with Crippen LogP contribution in [-0.2, 0) is 16.0 Å². The second-order valence-electron chi connectivity index (χ2n) is 5.41. The number of amides is 1. The van der Waals surface area contributed by atoms with Crippen molar-refractivity contribution in [1.29, 1.82) is 0 Å². The Kier molecular flexibility index (Phi) is 6.44. The lowest BCUT2D eigenvalue weighted by atomic mass is 10.1. The molecule has 4 nitrogen and oxygen atoms in total. The minimum atomic E-state index is -0.417. The first-order valence-corrected chi connectivity index (χ1v) is 7.58. The third kappa shape index (κ3) is 6.10. The van der Waals surface area contributed by atoms with Crippen molar-refractivity contribution in [3.63, 3.8) is 0 Å². The standard InChI is InChI=1S/C17H24N2O2/c18-10-4-5-11-19-17(20)16(21-13-15-8-9-15)12-14-6-2-1-3-7-14/h1-7,15-16H,8-13,18H2,(H,19,20). The molecule has 1 aromatic rings. The fourth-order valence-electron chi connectivity index (χ4n) is 2.05. The molecule has 1 fully saturated rings. The maximum absolute atomic E-state index is 12.2. The van der Waals surface area contributed by atoms with Crippen molar-refractivity contribution in [3.05, 3.63) is 48.0 Å². The van der Waals surface area contributed by atoms with Crippen molar-refractivity contribution < 1.29 is 9.53 Å². The van der Waals surface area contributed by atoms with Gasteiger partial charge < -0.3 is 15.8 Å². The maximum atomic E-state index is 12.2. The lowest BCUT2D eigenvalue weighted by Crippen LogP contribution is -2.38. The molecular formula is C17H24N2O2. The van der Waals surface area contributed by atoms with Crippen LogP contribution in [0.2, 0.25) is 0 Å². The molecule has 114 valence electrons. The molecule has 0 bridgehead atoms. The summed E-state index contributed by atoms with van der Waals surface area (Å²) >= 11 is 0. The van der Waals surface area contributed by atoms with Gasteiger partial charge in [0.1, 0.15) is 6.10 Å². The molecule has 0 aliphatic heterocycles. The molecule has 21 heavy (non-hydrogen) atoms. The lowest BCUT2D eigenvalue weighted by molar-refractivity contribution is -0.132. The number of rotatable bonds is 9. The highest BCUT2D eigenvalue weighted by Crippen LogP contribution is 2.29. The van der Waals surface area contributed by atoms with Crippen LogP contribution >= 0.6 is 0 Å². The van der Waals surface area contributed by atoms with Crippen molar-refractivity contribution in [3.8, 4) is 0 Å². The number of benzene rings is 1. The zero-order valence-electron chi connectivity index (χ0n) is 12.3. The number of nitrogens with two attached hydrogens (primary N) is 1. The van der Waals surface area contributed by atoms with Crippen LogP contribution in [0.4, 0.5) is 0 Å². The Hall–Kier alpha value is -1.65. The second kappa shape index (κ2) is 8.60. The number of hydrogen-bond donors (Lipinski definition) is 2. The number of hydrogen-bond acceptors (Lipinski definition) is 3. The first kappa shape index (κ1) is 15.7. The predicted molar refractivity (Wildman–Crippen MR) is 83.8 cm³/mol. The SMILES string of the molecule is NCC=CCNC(=O)C(Cc1ccccc1)OCC1CC1. The van der Waals surface area contributed by atoms with Gasteiger partial charge in [0.25, 0.3) is 0 Å². The van der Waals surface area contributed by atoms with E-state index < -0.39 is 6.10 Å². The Morgan fingerprint density at radius 2 is 2.10 bits per heavy atom. The third-order valence-electron chi connectivity index (χ3n) is 3.48. The molecule has 3 N–H and O–H groups in total. The van der Waals surface area contributed by atoms with Crippen molar-refractivity contribution in [2.75, 3.05) is 19.7 Å². The summed E-state index contributed by atoms with van der Waals surface area (Å²) in [5, 5.41) is 2.88. The van der Waals surface area contributed by atoms with Gasteiger partial charge in [-0.1, -0.05) is 42.5 Å². The normalized spacial score (nSPS) is 16.0. The highest BCUT2D eigenvalue weighted by molar-refractivity contribution is 5.81. The van der Waals surface area contributed by atoms with Crippen LogP contribution in [0.3, 0.4) is 0 Å². The summed E-state index contributed by atoms with van der Waals surface area (Å²) in [7, 11) is 0. The van der Waals surface area contributed by atoms with Crippen molar-refractivity contribution in [1.82, 2.24) is 5.32 Å². The lowest BCUT2D eigenvalue weighted by Gasteiger charge is -2.17. The molecule has 0 spiro atoms. The molecule has 1 unspecified atom stereocenters. The first-order chi connectivity index (χ1) is 10.3. The van der Waals surface area contributed by atoms with E-state index in [-0.39, 0.29) is 5.91 Å². The zero-order valence-corrected chi connectivity index (χ0v) is 12.3. The van der Waals surface area contributed by atoms with E-state index in [0.29, 0.717) is 32.0 Å². The molecular weight excluding hydrogens is 264 g/mol. The van der Waals surface area contributed by atoms with Crippen LogP contribution in [0.1, 0.15) is 18.4 Å². The minimum Gasteiger partial charge on any atom is -0.368 e. The third-order valence-corrected chi connectivity index (χ3v) is 3.48. The average Bonchev–Trinajstić information content (AvgIpc) is 3.33. The number of carbonyl (C=O) groups is 1. The highest BCUT2D eigenvalue weighted by Gasteiger charge is 2.26. The summed E-state index contributed by atoms with van der Waals surface area (Å²) in [4.78, 5) is 12.2. The van der Waals surface area contributed by atoms with Crippen LogP contribution in [0, 0.1) is 5.92 Å². The summed E-state index contributed by atoms with van der Waals surface area (Å²) in [6.45, 7) is 1.67. The molecule has 0 radical (unpaired) electrons. The van der Waals surface area contributed by atoms with Crippen molar-refractivity contribution >= 4 is 5.91 Å². The van der Waals surface area contributed by atoms with E-state index in [1.54, 1.807) is 0 Å². The molecule has 1 aromatic carbocycles. The molecule has 1 aliphatic rings. The first-order valence-electron chi connectivity index (χ1n) is 7.58. The summed E-state index contributed by atoms with van der Waals surface area (Å²) in [6.07, 6.45) is 6.33. The Bertz CT molecular complexity index is 455. The molecule has 2 rings (SSSR count). The summed E-state index contributed by atoms with van der Waals surface area (Å²) < 4.78 is 5.83. The summed E-state index contributed by atoms with van der Waals surface area (Å²) in [5.41, 5.74) is 6.49. The van der Waals surface area contributed by atoms with E-state index in [9.17, 15) is 4.79 Å². The maximum Gasteiger partial charge on any atom is 0.249 e. The largest absolute Gasteiger partial charge is 0.368 e. The fourth-order valence-corrected chi connectivity index (χ4v) is 2.05. The monoisotopic (exact) mass is 288 g/mol. The van der Waals surface area contributed by atoms with Gasteiger partial charge in [-0.15, -0.1) is 0 Å². The number of ether oxygens (including phenoxy) is 1. The van der Waals surface area contributed by atoms with E-state index in [2.05, 4.69) is 5.32 Å². The smallest absolute Gasteiger partial charge is 0.249 e. The van der Waals surface area contributed by atoms with E-state index in [1.807, 2.05) is 42.5 Å². The molecule has 1 aliphatic carbocycles. The van der Waals surface area contributed by atoms with Gasteiger partial charge >= 0.3 is 0 Å². The molecule has 1 atom stereocenters. The van der Waals surface area contributed by atoms with Crippen LogP contribution in [0.5, 0.6) is 0 Å².